The summed E-state index contributed by atoms with van der Waals surface area (Å²) in [4.78, 5) is 21.7. The minimum absolute atomic E-state index is 0.0488. The number of rotatable bonds is 7. The number of carbonyl (C=O) groups is 1. The lowest BCUT2D eigenvalue weighted by atomic mass is 10.1. The molecule has 2 N–H and O–H groups in total. The number of nitrogens with zero attached hydrogens (tertiary/aromatic N) is 1. The molecule has 1 fully saturated rings. The zero-order chi connectivity index (χ0) is 15.5. The quantitative estimate of drug-likeness (QED) is 0.360. The van der Waals surface area contributed by atoms with Crippen molar-refractivity contribution >= 4 is 29.1 Å². The van der Waals surface area contributed by atoms with Gasteiger partial charge in [-0.3, -0.25) is 14.9 Å². The standard InChI is InChI=1S/C14H18N2O4S/c1-20-13(17)7-14(4-5-14)9-21-8-10-6-11(16(18)19)2-3-12(10)15/h2-3,6H,4-5,7-9,15H2,1H3. The van der Waals surface area contributed by atoms with Crippen molar-refractivity contribution in [2.45, 2.75) is 25.0 Å². The lowest BCUT2D eigenvalue weighted by Crippen LogP contribution is -2.13. The molecule has 1 saturated carbocycles. The Hall–Kier alpha value is -1.76. The summed E-state index contributed by atoms with van der Waals surface area (Å²) in [5.74, 6) is 1.27. The number of hydrogen-bond acceptors (Lipinski definition) is 6. The highest BCUT2D eigenvalue weighted by molar-refractivity contribution is 7.98. The summed E-state index contributed by atoms with van der Waals surface area (Å²) in [5, 5.41) is 10.8. The highest BCUT2D eigenvalue weighted by Crippen LogP contribution is 2.51. The molecule has 0 aromatic heterocycles. The molecule has 114 valence electrons. The van der Waals surface area contributed by atoms with Gasteiger partial charge in [-0.05, 0) is 35.6 Å². The predicted molar refractivity (Wildman–Crippen MR) is 82.0 cm³/mol. The van der Waals surface area contributed by atoms with Gasteiger partial charge in [-0.15, -0.1) is 0 Å². The van der Waals surface area contributed by atoms with Gasteiger partial charge < -0.3 is 10.5 Å². The molecular formula is C14H18N2O4S. The first-order chi connectivity index (χ1) is 9.96. The van der Waals surface area contributed by atoms with Crippen molar-refractivity contribution < 1.29 is 14.5 Å². The predicted octanol–water partition coefficient (Wildman–Crippen LogP) is 2.75. The number of benzene rings is 1. The Morgan fingerprint density at radius 3 is 2.81 bits per heavy atom. The number of methoxy groups -OCH3 is 1. The Kier molecular flexibility index (Phi) is 4.72. The molecule has 0 heterocycles. The summed E-state index contributed by atoms with van der Waals surface area (Å²) in [6.45, 7) is 0. The van der Waals surface area contributed by atoms with Crippen LogP contribution >= 0.6 is 11.8 Å². The van der Waals surface area contributed by atoms with E-state index < -0.39 is 4.92 Å². The van der Waals surface area contributed by atoms with Crippen molar-refractivity contribution in [3.63, 3.8) is 0 Å². The second-order valence-corrected chi connectivity index (χ2v) is 6.37. The third-order valence-corrected chi connectivity index (χ3v) is 5.04. The third kappa shape index (κ3) is 4.10. The summed E-state index contributed by atoms with van der Waals surface area (Å²) in [5.41, 5.74) is 7.28. The van der Waals surface area contributed by atoms with Crippen LogP contribution in [0.1, 0.15) is 24.8 Å². The van der Waals surface area contributed by atoms with Gasteiger partial charge in [0.1, 0.15) is 0 Å². The molecule has 0 amide bonds. The fraction of sp³-hybridized carbons (Fsp3) is 0.500. The van der Waals surface area contributed by atoms with Crippen molar-refractivity contribution in [3.05, 3.63) is 33.9 Å². The van der Waals surface area contributed by atoms with Gasteiger partial charge in [-0.25, -0.2) is 0 Å². The molecule has 6 nitrogen and oxygen atoms in total. The van der Waals surface area contributed by atoms with E-state index in [9.17, 15) is 14.9 Å². The van der Waals surface area contributed by atoms with Crippen LogP contribution < -0.4 is 5.73 Å². The minimum atomic E-state index is -0.423. The summed E-state index contributed by atoms with van der Waals surface area (Å²) >= 11 is 1.65. The first kappa shape index (κ1) is 15.6. The average Bonchev–Trinajstić information content (AvgIpc) is 3.20. The second kappa shape index (κ2) is 6.34. The van der Waals surface area contributed by atoms with Crippen LogP contribution in [0.2, 0.25) is 0 Å². The number of thioether (sulfide) groups is 1. The topological polar surface area (TPSA) is 95.5 Å². The number of carbonyl (C=O) groups excluding carboxylic acids is 1. The third-order valence-electron chi connectivity index (χ3n) is 3.71. The number of hydrogen-bond donors (Lipinski definition) is 1. The van der Waals surface area contributed by atoms with Gasteiger partial charge in [0.25, 0.3) is 5.69 Å². The Labute approximate surface area is 127 Å². The van der Waals surface area contributed by atoms with Crippen LogP contribution in [0.4, 0.5) is 11.4 Å². The Morgan fingerprint density at radius 2 is 2.24 bits per heavy atom. The van der Waals surface area contributed by atoms with Crippen LogP contribution in [0.25, 0.3) is 0 Å². The van der Waals surface area contributed by atoms with E-state index in [0.717, 1.165) is 24.2 Å². The fourth-order valence-electron chi connectivity index (χ4n) is 2.14. The molecule has 0 unspecified atom stereocenters. The van der Waals surface area contributed by atoms with Crippen molar-refractivity contribution in [3.8, 4) is 0 Å². The van der Waals surface area contributed by atoms with Gasteiger partial charge in [0.15, 0.2) is 0 Å². The van der Waals surface area contributed by atoms with E-state index >= 15 is 0 Å². The molecule has 2 rings (SSSR count). The molecule has 1 aliphatic rings. The monoisotopic (exact) mass is 310 g/mol. The zero-order valence-corrected chi connectivity index (χ0v) is 12.6. The summed E-state index contributed by atoms with van der Waals surface area (Å²) in [6, 6.07) is 4.49. The van der Waals surface area contributed by atoms with E-state index in [1.54, 1.807) is 17.8 Å². The van der Waals surface area contributed by atoms with Crippen LogP contribution in [0, 0.1) is 15.5 Å². The number of nitro benzene ring substituents is 1. The molecule has 7 heteroatoms. The van der Waals surface area contributed by atoms with Crippen molar-refractivity contribution in [2.24, 2.45) is 5.41 Å². The second-order valence-electron chi connectivity index (χ2n) is 5.39. The summed E-state index contributed by atoms with van der Waals surface area (Å²) in [6.07, 6.45) is 2.50. The molecule has 1 aliphatic carbocycles. The van der Waals surface area contributed by atoms with E-state index in [1.807, 2.05) is 0 Å². The maximum Gasteiger partial charge on any atom is 0.306 e. The molecule has 0 spiro atoms. The smallest absolute Gasteiger partial charge is 0.306 e. The molecule has 21 heavy (non-hydrogen) atoms. The highest BCUT2D eigenvalue weighted by Gasteiger charge is 2.44. The van der Waals surface area contributed by atoms with Crippen molar-refractivity contribution in [1.29, 1.82) is 0 Å². The van der Waals surface area contributed by atoms with Gasteiger partial charge in [0.05, 0.1) is 18.5 Å². The molecule has 0 radical (unpaired) electrons. The number of non-ortho nitro benzene ring substituents is 1. The lowest BCUT2D eigenvalue weighted by molar-refractivity contribution is -0.384. The van der Waals surface area contributed by atoms with Crippen LogP contribution in [-0.4, -0.2) is 23.8 Å². The zero-order valence-electron chi connectivity index (χ0n) is 11.8. The number of esters is 1. The largest absolute Gasteiger partial charge is 0.469 e. The molecule has 1 aromatic rings. The van der Waals surface area contributed by atoms with Gasteiger partial charge in [-0.2, -0.15) is 11.8 Å². The molecule has 0 atom stereocenters. The normalized spacial score (nSPS) is 15.5. The summed E-state index contributed by atoms with van der Waals surface area (Å²) < 4.78 is 4.71. The molecular weight excluding hydrogens is 292 g/mol. The Balaban J connectivity index is 1.90. The Morgan fingerprint density at radius 1 is 1.52 bits per heavy atom. The van der Waals surface area contributed by atoms with E-state index in [1.165, 1.54) is 19.2 Å². The minimum Gasteiger partial charge on any atom is -0.469 e. The summed E-state index contributed by atoms with van der Waals surface area (Å²) in [7, 11) is 1.40. The lowest BCUT2D eigenvalue weighted by Gasteiger charge is -2.13. The number of nitrogen functional groups attached to an aromatic ring is 1. The number of nitrogens with two attached hydrogens (primary N) is 1. The number of ether oxygens (including phenoxy) is 1. The van der Waals surface area contributed by atoms with E-state index in [2.05, 4.69) is 0 Å². The molecule has 0 bridgehead atoms. The van der Waals surface area contributed by atoms with Crippen LogP contribution in [0.3, 0.4) is 0 Å². The Bertz CT molecular complexity index is 558. The molecule has 0 aliphatic heterocycles. The first-order valence-electron chi connectivity index (χ1n) is 6.63. The van der Waals surface area contributed by atoms with Crippen LogP contribution in [-0.2, 0) is 15.3 Å². The van der Waals surface area contributed by atoms with E-state index in [4.69, 9.17) is 10.5 Å². The van der Waals surface area contributed by atoms with Gasteiger partial charge in [0, 0.05) is 23.6 Å². The van der Waals surface area contributed by atoms with Gasteiger partial charge in [-0.1, -0.05) is 0 Å². The maximum absolute atomic E-state index is 11.3. The van der Waals surface area contributed by atoms with Crippen LogP contribution in [0.15, 0.2) is 18.2 Å². The van der Waals surface area contributed by atoms with E-state index in [-0.39, 0.29) is 17.1 Å². The number of nitro groups is 1. The van der Waals surface area contributed by atoms with Crippen LogP contribution in [0.5, 0.6) is 0 Å². The first-order valence-corrected chi connectivity index (χ1v) is 7.79. The van der Waals surface area contributed by atoms with Crippen molar-refractivity contribution in [2.75, 3.05) is 18.6 Å². The molecule has 1 aromatic carbocycles. The van der Waals surface area contributed by atoms with Gasteiger partial charge >= 0.3 is 5.97 Å². The fourth-order valence-corrected chi connectivity index (χ4v) is 3.53. The van der Waals surface area contributed by atoms with Gasteiger partial charge in [0.2, 0.25) is 0 Å². The maximum atomic E-state index is 11.3. The average molecular weight is 310 g/mol. The number of anilines is 1. The molecule has 0 saturated heterocycles. The van der Waals surface area contributed by atoms with E-state index in [0.29, 0.717) is 17.9 Å². The SMILES string of the molecule is COC(=O)CC1(CSCc2cc([N+](=O)[O-])ccc2N)CC1. The van der Waals surface area contributed by atoms with Crippen molar-refractivity contribution in [1.82, 2.24) is 0 Å². The highest BCUT2D eigenvalue weighted by atomic mass is 32.2.